The van der Waals surface area contributed by atoms with Crippen LogP contribution in [0.3, 0.4) is 0 Å². The minimum absolute atomic E-state index is 0.0883. The molecule has 63 heavy (non-hydrogen) atoms. The van der Waals surface area contributed by atoms with Gasteiger partial charge in [0.1, 0.15) is 22.6 Å². The van der Waals surface area contributed by atoms with Gasteiger partial charge in [0.15, 0.2) is 0 Å². The molecule has 6 aromatic rings. The van der Waals surface area contributed by atoms with Crippen LogP contribution in [0, 0.1) is 50.4 Å². The highest BCUT2D eigenvalue weighted by atomic mass is 35.5. The van der Waals surface area contributed by atoms with Gasteiger partial charge in [0.2, 0.25) is 11.8 Å². The number of hydrogen-bond acceptors (Lipinski definition) is 14. The lowest BCUT2D eigenvalue weighted by molar-refractivity contribution is -0.129. The molecule has 6 heterocycles. The van der Waals surface area contributed by atoms with Gasteiger partial charge in [-0.3, -0.25) is 9.59 Å². The predicted molar refractivity (Wildman–Crippen MR) is 241 cm³/mol. The molecule has 2 aliphatic rings. The van der Waals surface area contributed by atoms with Crippen LogP contribution >= 0.6 is 11.6 Å². The van der Waals surface area contributed by atoms with Crippen molar-refractivity contribution in [3.05, 3.63) is 112 Å². The van der Waals surface area contributed by atoms with Crippen LogP contribution in [0.25, 0.3) is 11.9 Å². The first kappa shape index (κ1) is 45.0. The van der Waals surface area contributed by atoms with Crippen LogP contribution in [0.4, 0.5) is 28.8 Å². The van der Waals surface area contributed by atoms with Gasteiger partial charge in [0.25, 0.3) is 11.9 Å². The summed E-state index contributed by atoms with van der Waals surface area (Å²) in [5, 5.41) is 30.1. The highest BCUT2D eigenvalue weighted by Gasteiger charge is 2.23. The van der Waals surface area contributed by atoms with Gasteiger partial charge in [-0.2, -0.15) is 40.7 Å². The van der Waals surface area contributed by atoms with E-state index in [2.05, 4.69) is 46.3 Å². The molecule has 3 N–H and O–H groups in total. The van der Waals surface area contributed by atoms with E-state index in [1.807, 2.05) is 73.9 Å². The number of hydrogen-bond donors (Lipinski definition) is 2. The van der Waals surface area contributed by atoms with E-state index in [1.165, 1.54) is 0 Å². The molecule has 8 rings (SSSR count). The van der Waals surface area contributed by atoms with E-state index in [0.717, 1.165) is 53.2 Å². The molecule has 0 unspecified atom stereocenters. The van der Waals surface area contributed by atoms with Crippen LogP contribution in [0.15, 0.2) is 72.8 Å². The number of nitrogens with zero attached hydrogens (tertiary/aromatic N) is 14. The number of benzene rings is 2. The van der Waals surface area contributed by atoms with Crippen molar-refractivity contribution < 1.29 is 9.59 Å². The van der Waals surface area contributed by atoms with E-state index in [4.69, 9.17) is 27.6 Å². The SMILES string of the molecule is CC(=O)N1CCN(c2cc(Cl)nc(-n3nc(C)cc3C)n2)CC1.CC(=O)N1CCN(c2cc(Nc3cccc(C#N)c3)nc(-n3nc(C)cc3C)n2)CC1.N#Cc1cccc(N)c1. The Labute approximate surface area is 371 Å². The van der Waals surface area contributed by atoms with Crippen molar-refractivity contribution in [1.82, 2.24) is 49.3 Å². The van der Waals surface area contributed by atoms with Crippen molar-refractivity contribution in [2.75, 3.05) is 73.2 Å². The Bertz CT molecular complexity index is 2670. The first-order valence-corrected chi connectivity index (χ1v) is 20.6. The van der Waals surface area contributed by atoms with Gasteiger partial charge in [-0.15, -0.1) is 0 Å². The summed E-state index contributed by atoms with van der Waals surface area (Å²) in [5.41, 5.74) is 11.6. The number of carbonyl (C=O) groups is 2. The van der Waals surface area contributed by atoms with Gasteiger partial charge in [0, 0.05) is 101 Å². The number of nitriles is 2. The molecule has 0 aliphatic carbocycles. The van der Waals surface area contributed by atoms with Gasteiger partial charge in [0.05, 0.1) is 34.7 Å². The van der Waals surface area contributed by atoms with E-state index < -0.39 is 0 Å². The lowest BCUT2D eigenvalue weighted by Gasteiger charge is -2.35. The van der Waals surface area contributed by atoms with Crippen molar-refractivity contribution in [2.24, 2.45) is 0 Å². The fourth-order valence-corrected chi connectivity index (χ4v) is 7.15. The summed E-state index contributed by atoms with van der Waals surface area (Å²) in [6.45, 7) is 16.5. The third-order valence-electron chi connectivity index (χ3n) is 10.1. The van der Waals surface area contributed by atoms with Gasteiger partial charge in [-0.25, -0.2) is 9.36 Å². The first-order chi connectivity index (χ1) is 30.2. The fraction of sp³-hybridized carbons (Fsp3) is 0.318. The number of aromatic nitrogens is 8. The Morgan fingerprint density at radius 2 is 1.11 bits per heavy atom. The minimum atomic E-state index is 0.0883. The summed E-state index contributed by atoms with van der Waals surface area (Å²) >= 11 is 6.17. The summed E-state index contributed by atoms with van der Waals surface area (Å²) in [4.78, 5) is 49.3. The van der Waals surface area contributed by atoms with E-state index in [1.54, 1.807) is 65.7 Å². The summed E-state index contributed by atoms with van der Waals surface area (Å²) < 4.78 is 3.41. The predicted octanol–water partition coefficient (Wildman–Crippen LogP) is 5.30. The lowest BCUT2D eigenvalue weighted by Crippen LogP contribution is -2.48. The first-order valence-electron chi connectivity index (χ1n) is 20.2. The average Bonchev–Trinajstić information content (AvgIpc) is 3.81. The second kappa shape index (κ2) is 20.3. The fourth-order valence-electron chi connectivity index (χ4n) is 6.98. The largest absolute Gasteiger partial charge is 0.399 e. The van der Waals surface area contributed by atoms with Crippen LogP contribution in [0.2, 0.25) is 5.15 Å². The van der Waals surface area contributed by atoms with E-state index >= 15 is 0 Å². The standard InChI is InChI=1S/C22H24N8O.C15H19ClN6O.C7H6N2/c1-15-11-16(2)30(27-15)22-25-20(24-19-6-4-5-18(12-19)14-23)13-21(26-22)29-9-7-28(8-10-29)17(3)31;1-10-8-11(2)22(19-10)15-17-13(16)9-14(18-15)21-6-4-20(5-7-21)12(3)23;8-5-6-2-1-3-7(9)4-6/h4-6,11-13H,7-10H2,1-3H3,(H,24,25,26);8-9H,4-7H2,1-3H3;1-4H,9H2. The van der Waals surface area contributed by atoms with E-state index in [-0.39, 0.29) is 11.8 Å². The monoisotopic (exact) mass is 868 g/mol. The zero-order valence-corrected chi connectivity index (χ0v) is 36.9. The van der Waals surface area contributed by atoms with Crippen molar-refractivity contribution in [1.29, 1.82) is 10.5 Å². The van der Waals surface area contributed by atoms with Crippen LogP contribution in [0.5, 0.6) is 0 Å². The maximum Gasteiger partial charge on any atom is 0.254 e. The lowest BCUT2D eigenvalue weighted by atomic mass is 10.2. The van der Waals surface area contributed by atoms with Gasteiger partial charge < -0.3 is 30.7 Å². The Balaban J connectivity index is 0.000000180. The Kier molecular flexibility index (Phi) is 14.5. The molecule has 0 spiro atoms. The third-order valence-corrected chi connectivity index (χ3v) is 10.3. The number of rotatable bonds is 6. The number of piperazine rings is 2. The molecule has 4 aromatic heterocycles. The third kappa shape index (κ3) is 11.8. The number of aryl methyl sites for hydroxylation is 4. The van der Waals surface area contributed by atoms with E-state index in [0.29, 0.717) is 79.0 Å². The van der Waals surface area contributed by atoms with Crippen molar-refractivity contribution in [2.45, 2.75) is 41.5 Å². The number of nitrogens with two attached hydrogens (primary N) is 1. The molecule has 0 radical (unpaired) electrons. The van der Waals surface area contributed by atoms with E-state index in [9.17, 15) is 14.9 Å². The molecule has 2 aromatic carbocycles. The smallest absolute Gasteiger partial charge is 0.254 e. The second-order valence-electron chi connectivity index (χ2n) is 15.0. The summed E-state index contributed by atoms with van der Waals surface area (Å²) in [6.07, 6.45) is 0. The van der Waals surface area contributed by atoms with Crippen molar-refractivity contribution >= 4 is 52.2 Å². The van der Waals surface area contributed by atoms with Gasteiger partial charge in [-0.1, -0.05) is 23.7 Å². The Morgan fingerprint density at radius 3 is 1.56 bits per heavy atom. The molecule has 2 aliphatic heterocycles. The summed E-state index contributed by atoms with van der Waals surface area (Å²) in [6, 6.07) is 25.8. The molecular weight excluding hydrogens is 820 g/mol. The summed E-state index contributed by atoms with van der Waals surface area (Å²) in [7, 11) is 0. The van der Waals surface area contributed by atoms with Crippen molar-refractivity contribution in [3.8, 4) is 24.0 Å². The Hall–Kier alpha value is -7.57. The number of carbonyl (C=O) groups excluding carboxylic acids is 2. The normalized spacial score (nSPS) is 13.5. The zero-order chi connectivity index (χ0) is 45.2. The number of nitrogen functional groups attached to an aromatic ring is 1. The molecule has 0 saturated carbocycles. The Morgan fingerprint density at radius 1 is 0.635 bits per heavy atom. The number of halogens is 1. The molecular formula is C44H49ClN16O2. The number of anilines is 5. The molecule has 0 bridgehead atoms. The molecule has 2 saturated heterocycles. The zero-order valence-electron chi connectivity index (χ0n) is 36.1. The topological polar surface area (TPSA) is 220 Å². The molecule has 2 fully saturated rings. The minimum Gasteiger partial charge on any atom is -0.399 e. The second-order valence-corrected chi connectivity index (χ2v) is 15.4. The quantitative estimate of drug-likeness (QED) is 0.160. The molecule has 19 heteroatoms. The maximum atomic E-state index is 11.7. The molecule has 0 atom stereocenters. The maximum absolute atomic E-state index is 11.7. The highest BCUT2D eigenvalue weighted by molar-refractivity contribution is 6.29. The average molecular weight is 869 g/mol. The molecule has 324 valence electrons. The number of amides is 2. The van der Waals surface area contributed by atoms with Crippen LogP contribution < -0.4 is 20.9 Å². The van der Waals surface area contributed by atoms with Gasteiger partial charge >= 0.3 is 0 Å². The highest BCUT2D eigenvalue weighted by Crippen LogP contribution is 2.24. The van der Waals surface area contributed by atoms with Crippen molar-refractivity contribution in [3.63, 3.8) is 0 Å². The molecule has 18 nitrogen and oxygen atoms in total. The van der Waals surface area contributed by atoms with Crippen LogP contribution in [-0.4, -0.2) is 113 Å². The van der Waals surface area contributed by atoms with Gasteiger partial charge in [-0.05, 0) is 76.2 Å². The molecule has 2 amide bonds. The van der Waals surface area contributed by atoms with Crippen LogP contribution in [-0.2, 0) is 9.59 Å². The number of nitrogens with one attached hydrogen (secondary N) is 1. The summed E-state index contributed by atoms with van der Waals surface area (Å²) in [5.74, 6) is 3.26. The van der Waals surface area contributed by atoms with Crippen LogP contribution in [0.1, 0.15) is 47.8 Å².